The lowest BCUT2D eigenvalue weighted by molar-refractivity contribution is -0.0255. The van der Waals surface area contributed by atoms with Crippen LogP contribution in [0.5, 0.6) is 0 Å². The first-order valence-corrected chi connectivity index (χ1v) is 6.38. The Labute approximate surface area is 103 Å². The summed E-state index contributed by atoms with van der Waals surface area (Å²) in [4.78, 5) is 2.42. The first-order valence-electron chi connectivity index (χ1n) is 6.38. The predicted octanol–water partition coefficient (Wildman–Crippen LogP) is 1.40. The van der Waals surface area contributed by atoms with Gasteiger partial charge in [0.25, 0.3) is 0 Å². The molecule has 1 aromatic rings. The molecule has 1 unspecified atom stereocenters. The van der Waals surface area contributed by atoms with E-state index in [9.17, 15) is 0 Å². The van der Waals surface area contributed by atoms with Crippen molar-refractivity contribution in [2.45, 2.75) is 26.5 Å². The zero-order valence-corrected chi connectivity index (χ0v) is 10.7. The fourth-order valence-electron chi connectivity index (χ4n) is 2.13. The molecule has 0 bridgehead atoms. The monoisotopic (exact) mass is 238 g/mol. The van der Waals surface area contributed by atoms with Crippen molar-refractivity contribution < 1.29 is 9.15 Å². The standard InChI is InChI=1S/C13H22N2O2/c1-3-15-6-7-16-13(10-15)9-14-8-12-5-4-11(2)17-12/h4-5,13-14H,3,6-10H2,1-2H3. The molecule has 0 aliphatic carbocycles. The zero-order chi connectivity index (χ0) is 12.1. The number of furan rings is 1. The molecule has 2 rings (SSSR count). The summed E-state index contributed by atoms with van der Waals surface area (Å²) < 4.78 is 11.2. The van der Waals surface area contributed by atoms with Crippen LogP contribution in [-0.2, 0) is 11.3 Å². The summed E-state index contributed by atoms with van der Waals surface area (Å²) >= 11 is 0. The predicted molar refractivity (Wildman–Crippen MR) is 67.0 cm³/mol. The molecular formula is C13H22N2O2. The normalized spacial score (nSPS) is 21.9. The van der Waals surface area contributed by atoms with Crippen LogP contribution in [0.1, 0.15) is 18.4 Å². The highest BCUT2D eigenvalue weighted by Crippen LogP contribution is 2.07. The number of rotatable bonds is 5. The Morgan fingerprint density at radius 3 is 3.06 bits per heavy atom. The molecule has 1 fully saturated rings. The Morgan fingerprint density at radius 2 is 2.35 bits per heavy atom. The Morgan fingerprint density at radius 1 is 1.47 bits per heavy atom. The minimum Gasteiger partial charge on any atom is -0.465 e. The van der Waals surface area contributed by atoms with Crippen LogP contribution in [-0.4, -0.2) is 43.8 Å². The minimum absolute atomic E-state index is 0.305. The lowest BCUT2D eigenvalue weighted by Crippen LogP contribution is -2.46. The van der Waals surface area contributed by atoms with Crippen LogP contribution in [0.2, 0.25) is 0 Å². The SMILES string of the molecule is CCN1CCOC(CNCc2ccc(C)o2)C1. The van der Waals surface area contributed by atoms with E-state index in [4.69, 9.17) is 9.15 Å². The van der Waals surface area contributed by atoms with Crippen molar-refractivity contribution in [3.05, 3.63) is 23.7 Å². The number of nitrogens with one attached hydrogen (secondary N) is 1. The van der Waals surface area contributed by atoms with Gasteiger partial charge >= 0.3 is 0 Å². The van der Waals surface area contributed by atoms with E-state index < -0.39 is 0 Å². The number of hydrogen-bond donors (Lipinski definition) is 1. The topological polar surface area (TPSA) is 37.6 Å². The van der Waals surface area contributed by atoms with Gasteiger partial charge in [-0.15, -0.1) is 0 Å². The summed E-state index contributed by atoms with van der Waals surface area (Å²) in [6.07, 6.45) is 0.305. The van der Waals surface area contributed by atoms with Crippen LogP contribution in [0.3, 0.4) is 0 Å². The van der Waals surface area contributed by atoms with Gasteiger partial charge in [-0.3, -0.25) is 4.90 Å². The van der Waals surface area contributed by atoms with Crippen LogP contribution in [0.15, 0.2) is 16.5 Å². The maximum Gasteiger partial charge on any atom is 0.117 e. The maximum atomic E-state index is 5.72. The van der Waals surface area contributed by atoms with E-state index in [2.05, 4.69) is 17.1 Å². The molecule has 1 aliphatic rings. The zero-order valence-electron chi connectivity index (χ0n) is 10.7. The highest BCUT2D eigenvalue weighted by Gasteiger charge is 2.18. The van der Waals surface area contributed by atoms with Crippen LogP contribution >= 0.6 is 0 Å². The molecule has 1 aromatic heterocycles. The third-order valence-corrected chi connectivity index (χ3v) is 3.14. The average Bonchev–Trinajstić information content (AvgIpc) is 2.75. The number of ether oxygens (including phenoxy) is 1. The fourth-order valence-corrected chi connectivity index (χ4v) is 2.13. The van der Waals surface area contributed by atoms with E-state index in [1.165, 1.54) is 0 Å². The van der Waals surface area contributed by atoms with Crippen LogP contribution < -0.4 is 5.32 Å². The number of nitrogens with zero attached hydrogens (tertiary/aromatic N) is 1. The summed E-state index contributed by atoms with van der Waals surface area (Å²) in [5.74, 6) is 1.96. The van der Waals surface area contributed by atoms with Crippen molar-refractivity contribution in [3.8, 4) is 0 Å². The molecule has 1 aliphatic heterocycles. The Hall–Kier alpha value is -0.840. The van der Waals surface area contributed by atoms with Gasteiger partial charge in [-0.25, -0.2) is 0 Å². The molecule has 1 atom stereocenters. The molecule has 0 spiro atoms. The molecule has 1 N–H and O–H groups in total. The fraction of sp³-hybridized carbons (Fsp3) is 0.692. The number of aryl methyl sites for hydroxylation is 1. The van der Waals surface area contributed by atoms with Crippen molar-refractivity contribution in [3.63, 3.8) is 0 Å². The molecule has 2 heterocycles. The van der Waals surface area contributed by atoms with E-state index in [1.807, 2.05) is 19.1 Å². The molecule has 1 saturated heterocycles. The van der Waals surface area contributed by atoms with Gasteiger partial charge in [-0.2, -0.15) is 0 Å². The Kier molecular flexibility index (Phi) is 4.59. The number of likely N-dealkylation sites (N-methyl/N-ethyl adjacent to an activating group) is 1. The molecule has 0 amide bonds. The van der Waals surface area contributed by atoms with Crippen molar-refractivity contribution in [2.75, 3.05) is 32.8 Å². The van der Waals surface area contributed by atoms with Crippen molar-refractivity contribution in [1.29, 1.82) is 0 Å². The van der Waals surface area contributed by atoms with Gasteiger partial charge in [0.1, 0.15) is 11.5 Å². The molecule has 17 heavy (non-hydrogen) atoms. The summed E-state index contributed by atoms with van der Waals surface area (Å²) in [5.41, 5.74) is 0. The molecule has 0 radical (unpaired) electrons. The molecule has 0 saturated carbocycles. The van der Waals surface area contributed by atoms with E-state index in [0.29, 0.717) is 6.10 Å². The van der Waals surface area contributed by atoms with E-state index in [1.54, 1.807) is 0 Å². The molecule has 4 nitrogen and oxygen atoms in total. The second kappa shape index (κ2) is 6.19. The first kappa shape index (κ1) is 12.6. The van der Waals surface area contributed by atoms with Gasteiger partial charge in [0.05, 0.1) is 19.3 Å². The van der Waals surface area contributed by atoms with E-state index in [-0.39, 0.29) is 0 Å². The molecule has 96 valence electrons. The second-order valence-corrected chi connectivity index (χ2v) is 4.53. The van der Waals surface area contributed by atoms with Gasteiger partial charge in [-0.05, 0) is 25.6 Å². The largest absolute Gasteiger partial charge is 0.465 e. The first-order chi connectivity index (χ1) is 8.28. The molecule has 0 aromatic carbocycles. The lowest BCUT2D eigenvalue weighted by atomic mass is 10.2. The Balaban J connectivity index is 1.68. The minimum atomic E-state index is 0.305. The van der Waals surface area contributed by atoms with Gasteiger partial charge in [-0.1, -0.05) is 6.92 Å². The van der Waals surface area contributed by atoms with Gasteiger partial charge in [0.15, 0.2) is 0 Å². The highest BCUT2D eigenvalue weighted by atomic mass is 16.5. The van der Waals surface area contributed by atoms with Crippen LogP contribution in [0.25, 0.3) is 0 Å². The van der Waals surface area contributed by atoms with Gasteiger partial charge in [0.2, 0.25) is 0 Å². The summed E-state index contributed by atoms with van der Waals surface area (Å²) in [5, 5.41) is 3.38. The lowest BCUT2D eigenvalue weighted by Gasteiger charge is -2.32. The highest BCUT2D eigenvalue weighted by molar-refractivity contribution is 5.05. The van der Waals surface area contributed by atoms with E-state index >= 15 is 0 Å². The summed E-state index contributed by atoms with van der Waals surface area (Å²) in [6.45, 7) is 9.87. The third kappa shape index (κ3) is 3.84. The summed E-state index contributed by atoms with van der Waals surface area (Å²) in [7, 11) is 0. The van der Waals surface area contributed by atoms with Gasteiger partial charge < -0.3 is 14.5 Å². The number of morpholine rings is 1. The summed E-state index contributed by atoms with van der Waals surface area (Å²) in [6, 6.07) is 4.01. The molecular weight excluding hydrogens is 216 g/mol. The second-order valence-electron chi connectivity index (χ2n) is 4.53. The number of hydrogen-bond acceptors (Lipinski definition) is 4. The molecule has 4 heteroatoms. The smallest absolute Gasteiger partial charge is 0.117 e. The Bertz CT molecular complexity index is 338. The van der Waals surface area contributed by atoms with Gasteiger partial charge in [0, 0.05) is 19.6 Å². The van der Waals surface area contributed by atoms with E-state index in [0.717, 1.165) is 50.9 Å². The quantitative estimate of drug-likeness (QED) is 0.841. The maximum absolute atomic E-state index is 5.72. The van der Waals surface area contributed by atoms with Crippen LogP contribution in [0, 0.1) is 6.92 Å². The average molecular weight is 238 g/mol. The third-order valence-electron chi connectivity index (χ3n) is 3.14. The van der Waals surface area contributed by atoms with Crippen LogP contribution in [0.4, 0.5) is 0 Å². The van der Waals surface area contributed by atoms with Crippen molar-refractivity contribution in [2.24, 2.45) is 0 Å². The van der Waals surface area contributed by atoms with Crippen molar-refractivity contribution >= 4 is 0 Å². The van der Waals surface area contributed by atoms with Crippen molar-refractivity contribution in [1.82, 2.24) is 10.2 Å².